The van der Waals surface area contributed by atoms with Crippen molar-refractivity contribution in [2.75, 3.05) is 7.05 Å². The minimum absolute atomic E-state index is 0.0851. The van der Waals surface area contributed by atoms with E-state index in [4.69, 9.17) is 0 Å². The molecular weight excluding hydrogens is 326 g/mol. The Morgan fingerprint density at radius 2 is 2.21 bits per heavy atom. The van der Waals surface area contributed by atoms with Gasteiger partial charge in [0.1, 0.15) is 18.4 Å². The van der Waals surface area contributed by atoms with Gasteiger partial charge in [-0.3, -0.25) is 9.59 Å². The monoisotopic (exact) mass is 345 g/mol. The average Bonchev–Trinajstić information content (AvgIpc) is 3.19. The summed E-state index contributed by atoms with van der Waals surface area (Å²) in [6.07, 6.45) is 3.27. The van der Waals surface area contributed by atoms with E-state index in [0.29, 0.717) is 18.0 Å². The molecule has 0 radical (unpaired) electrons. The Hall–Kier alpha value is -2.48. The standard InChI is InChI=1S/C16H19N5O2S/c1-11(2)15-18-12(9-24-15)7-19(3)14(22)8-21-16(23)13-5-4-6-20(13)10-17-21/h4-6,9-11H,7-8H2,1-3H3. The zero-order valence-electron chi connectivity index (χ0n) is 13.8. The Morgan fingerprint density at radius 1 is 1.42 bits per heavy atom. The van der Waals surface area contributed by atoms with Crippen molar-refractivity contribution in [2.45, 2.75) is 32.9 Å². The lowest BCUT2D eigenvalue weighted by atomic mass is 10.2. The number of amides is 1. The van der Waals surface area contributed by atoms with Gasteiger partial charge in [-0.15, -0.1) is 11.3 Å². The van der Waals surface area contributed by atoms with Crippen LogP contribution in [0.15, 0.2) is 34.8 Å². The van der Waals surface area contributed by atoms with Crippen molar-refractivity contribution < 1.29 is 4.79 Å². The number of hydrogen-bond donors (Lipinski definition) is 0. The highest BCUT2D eigenvalue weighted by molar-refractivity contribution is 7.09. The van der Waals surface area contributed by atoms with Crippen molar-refractivity contribution in [3.8, 4) is 0 Å². The minimum atomic E-state index is -0.278. The zero-order valence-corrected chi connectivity index (χ0v) is 14.7. The number of likely N-dealkylation sites (N-methyl/N-ethyl adjacent to an activating group) is 1. The topological polar surface area (TPSA) is 72.5 Å². The van der Waals surface area contributed by atoms with Crippen LogP contribution in [-0.4, -0.2) is 37.0 Å². The first-order valence-corrected chi connectivity index (χ1v) is 8.54. The summed E-state index contributed by atoms with van der Waals surface area (Å²) in [5.41, 5.74) is 1.09. The molecule has 24 heavy (non-hydrogen) atoms. The molecule has 0 fully saturated rings. The minimum Gasteiger partial charge on any atom is -0.338 e. The maximum atomic E-state index is 12.4. The van der Waals surface area contributed by atoms with Crippen LogP contribution >= 0.6 is 11.3 Å². The SMILES string of the molecule is CC(C)c1nc(CN(C)C(=O)Cn2ncn3cccc3c2=O)cs1. The van der Waals surface area contributed by atoms with E-state index in [-0.39, 0.29) is 18.0 Å². The predicted molar refractivity (Wildman–Crippen MR) is 92.1 cm³/mol. The number of nitrogens with zero attached hydrogens (tertiary/aromatic N) is 5. The first kappa shape index (κ1) is 16.4. The lowest BCUT2D eigenvalue weighted by Crippen LogP contribution is -2.35. The smallest absolute Gasteiger partial charge is 0.291 e. The van der Waals surface area contributed by atoms with E-state index in [1.54, 1.807) is 46.0 Å². The van der Waals surface area contributed by atoms with Gasteiger partial charge in [0.15, 0.2) is 0 Å². The van der Waals surface area contributed by atoms with Gasteiger partial charge in [0.05, 0.1) is 17.2 Å². The van der Waals surface area contributed by atoms with E-state index in [2.05, 4.69) is 23.9 Å². The molecule has 0 aromatic carbocycles. The third kappa shape index (κ3) is 3.23. The highest BCUT2D eigenvalue weighted by Crippen LogP contribution is 2.19. The summed E-state index contributed by atoms with van der Waals surface area (Å²) < 4.78 is 2.82. The van der Waals surface area contributed by atoms with Crippen LogP contribution in [0.5, 0.6) is 0 Å². The summed E-state index contributed by atoms with van der Waals surface area (Å²) in [6.45, 7) is 4.52. The molecular formula is C16H19N5O2S. The Labute approximate surface area is 143 Å². The first-order valence-electron chi connectivity index (χ1n) is 7.66. The number of aromatic nitrogens is 4. The van der Waals surface area contributed by atoms with Gasteiger partial charge < -0.3 is 9.30 Å². The van der Waals surface area contributed by atoms with E-state index < -0.39 is 0 Å². The van der Waals surface area contributed by atoms with Crippen molar-refractivity contribution >= 4 is 22.8 Å². The normalized spacial score (nSPS) is 11.3. The van der Waals surface area contributed by atoms with Crippen LogP contribution in [0.25, 0.3) is 5.52 Å². The van der Waals surface area contributed by atoms with Crippen LogP contribution in [0, 0.1) is 0 Å². The zero-order chi connectivity index (χ0) is 17.3. The molecule has 3 rings (SSSR count). The summed E-state index contributed by atoms with van der Waals surface area (Å²) >= 11 is 1.60. The van der Waals surface area contributed by atoms with Crippen LogP contribution in [0.1, 0.15) is 30.5 Å². The largest absolute Gasteiger partial charge is 0.338 e. The van der Waals surface area contributed by atoms with Gasteiger partial charge in [0.2, 0.25) is 5.91 Å². The molecule has 0 aliphatic heterocycles. The summed E-state index contributed by atoms with van der Waals surface area (Å²) in [4.78, 5) is 30.8. The molecule has 8 heteroatoms. The number of hydrogen-bond acceptors (Lipinski definition) is 5. The van der Waals surface area contributed by atoms with Crippen molar-refractivity contribution in [3.63, 3.8) is 0 Å². The van der Waals surface area contributed by atoms with Crippen LogP contribution < -0.4 is 5.56 Å². The fourth-order valence-electron chi connectivity index (χ4n) is 2.33. The quantitative estimate of drug-likeness (QED) is 0.706. The fraction of sp³-hybridized carbons (Fsp3) is 0.375. The van der Waals surface area contributed by atoms with Crippen molar-refractivity contribution in [2.24, 2.45) is 0 Å². The number of carbonyl (C=O) groups excluding carboxylic acids is 1. The molecule has 0 N–H and O–H groups in total. The molecule has 3 aromatic rings. The van der Waals surface area contributed by atoms with E-state index >= 15 is 0 Å². The lowest BCUT2D eigenvalue weighted by Gasteiger charge is -2.16. The Balaban J connectivity index is 1.70. The van der Waals surface area contributed by atoms with Crippen LogP contribution in [-0.2, 0) is 17.9 Å². The van der Waals surface area contributed by atoms with Gasteiger partial charge >= 0.3 is 0 Å². The van der Waals surface area contributed by atoms with Gasteiger partial charge in [-0.05, 0) is 12.1 Å². The van der Waals surface area contributed by atoms with Gasteiger partial charge in [-0.1, -0.05) is 13.8 Å². The highest BCUT2D eigenvalue weighted by atomic mass is 32.1. The van der Waals surface area contributed by atoms with E-state index in [1.807, 2.05) is 5.38 Å². The average molecular weight is 345 g/mol. The second-order valence-corrected chi connectivity index (χ2v) is 6.87. The lowest BCUT2D eigenvalue weighted by molar-refractivity contribution is -0.131. The van der Waals surface area contributed by atoms with Crippen LogP contribution in [0.4, 0.5) is 0 Å². The molecule has 0 bridgehead atoms. The summed E-state index contributed by atoms with van der Waals surface area (Å²) in [5.74, 6) is 0.195. The number of rotatable bonds is 5. The molecule has 0 aliphatic rings. The molecule has 0 aliphatic carbocycles. The second-order valence-electron chi connectivity index (χ2n) is 5.98. The molecule has 0 saturated carbocycles. The molecule has 0 spiro atoms. The second kappa shape index (κ2) is 6.56. The molecule has 1 amide bonds. The van der Waals surface area contributed by atoms with Gasteiger partial charge in [-0.25, -0.2) is 9.67 Å². The van der Waals surface area contributed by atoms with Crippen molar-refractivity contribution in [1.82, 2.24) is 24.1 Å². The third-order valence-corrected chi connectivity index (χ3v) is 4.92. The number of fused-ring (bicyclic) bond motifs is 1. The molecule has 3 aromatic heterocycles. The van der Waals surface area contributed by atoms with E-state index in [1.165, 1.54) is 11.0 Å². The van der Waals surface area contributed by atoms with Gasteiger partial charge in [-0.2, -0.15) is 5.10 Å². The maximum Gasteiger partial charge on any atom is 0.291 e. The first-order chi connectivity index (χ1) is 11.5. The van der Waals surface area contributed by atoms with Crippen molar-refractivity contribution in [1.29, 1.82) is 0 Å². The molecule has 0 atom stereocenters. The Morgan fingerprint density at radius 3 is 2.92 bits per heavy atom. The molecule has 3 heterocycles. The van der Waals surface area contributed by atoms with E-state index in [0.717, 1.165) is 10.7 Å². The van der Waals surface area contributed by atoms with Crippen molar-refractivity contribution in [3.05, 3.63) is 51.1 Å². The highest BCUT2D eigenvalue weighted by Gasteiger charge is 2.15. The number of thiazole rings is 1. The maximum absolute atomic E-state index is 12.4. The summed E-state index contributed by atoms with van der Waals surface area (Å²) in [5, 5.41) is 7.07. The molecule has 0 unspecified atom stereocenters. The molecule has 7 nitrogen and oxygen atoms in total. The summed E-state index contributed by atoms with van der Waals surface area (Å²) in [7, 11) is 1.71. The molecule has 0 saturated heterocycles. The van der Waals surface area contributed by atoms with Gasteiger partial charge in [0, 0.05) is 24.5 Å². The Kier molecular flexibility index (Phi) is 4.48. The number of carbonyl (C=O) groups is 1. The third-order valence-electron chi connectivity index (χ3n) is 3.72. The summed E-state index contributed by atoms with van der Waals surface area (Å²) in [6, 6.07) is 3.47. The molecule has 126 valence electrons. The Bertz CT molecular complexity index is 924. The van der Waals surface area contributed by atoms with Crippen LogP contribution in [0.3, 0.4) is 0 Å². The fourth-order valence-corrected chi connectivity index (χ4v) is 3.16. The predicted octanol–water partition coefficient (Wildman–Crippen LogP) is 1.73. The van der Waals surface area contributed by atoms with E-state index in [9.17, 15) is 9.59 Å². The van der Waals surface area contributed by atoms with Crippen LogP contribution in [0.2, 0.25) is 0 Å². The van der Waals surface area contributed by atoms with Gasteiger partial charge in [0.25, 0.3) is 5.56 Å².